The number of amides is 3. The quantitative estimate of drug-likeness (QED) is 0.750. The van der Waals surface area contributed by atoms with Gasteiger partial charge in [0.15, 0.2) is 0 Å². The second kappa shape index (κ2) is 7.31. The maximum absolute atomic E-state index is 12.3. The van der Waals surface area contributed by atoms with Crippen LogP contribution in [0.25, 0.3) is 6.08 Å². The van der Waals surface area contributed by atoms with Crippen molar-refractivity contribution in [3.63, 3.8) is 0 Å². The minimum Gasteiger partial charge on any atom is -0.322 e. The van der Waals surface area contributed by atoms with Gasteiger partial charge in [-0.25, -0.2) is 0 Å². The summed E-state index contributed by atoms with van der Waals surface area (Å²) in [6, 6.07) is 11.5. The molecule has 2 aromatic carbocycles. The van der Waals surface area contributed by atoms with E-state index < -0.39 is 11.1 Å². The van der Waals surface area contributed by atoms with Crippen molar-refractivity contribution in [3.8, 4) is 0 Å². The van der Waals surface area contributed by atoms with Gasteiger partial charge in [-0.15, -0.1) is 0 Å². The molecule has 8 heteroatoms. The number of hydrogen-bond donors (Lipinski definition) is 2. The maximum Gasteiger partial charge on any atom is 0.290 e. The average molecular weight is 393 g/mol. The summed E-state index contributed by atoms with van der Waals surface area (Å²) in [7, 11) is 0. The maximum atomic E-state index is 12.3. The highest BCUT2D eigenvalue weighted by Crippen LogP contribution is 2.27. The van der Waals surface area contributed by atoms with Gasteiger partial charge in [0, 0.05) is 10.7 Å². The van der Waals surface area contributed by atoms with Gasteiger partial charge in [0.25, 0.3) is 17.1 Å². The second-order valence-electron chi connectivity index (χ2n) is 5.06. The van der Waals surface area contributed by atoms with Gasteiger partial charge in [-0.3, -0.25) is 19.7 Å². The van der Waals surface area contributed by atoms with Crippen LogP contribution in [-0.2, 0) is 4.79 Å². The van der Waals surface area contributed by atoms with Crippen LogP contribution < -0.4 is 10.6 Å². The number of imide groups is 1. The standard InChI is InChI=1S/C17H10Cl2N2O3S/c18-10-4-5-12(13(19)8-10)15(22)20-11-3-1-2-9(6-11)7-14-16(23)21-17(24)25-14/h1-8H,(H,20,22)(H,21,23,24)/b14-7-. The molecule has 25 heavy (non-hydrogen) atoms. The summed E-state index contributed by atoms with van der Waals surface area (Å²) in [6.07, 6.45) is 1.58. The Labute approximate surface area is 157 Å². The summed E-state index contributed by atoms with van der Waals surface area (Å²) in [5.41, 5.74) is 1.50. The number of halogens is 2. The van der Waals surface area contributed by atoms with Crippen LogP contribution in [0.1, 0.15) is 15.9 Å². The van der Waals surface area contributed by atoms with Crippen molar-refractivity contribution in [1.29, 1.82) is 0 Å². The van der Waals surface area contributed by atoms with Crippen LogP contribution in [0.15, 0.2) is 47.4 Å². The number of anilines is 1. The minimum absolute atomic E-state index is 0.251. The minimum atomic E-state index is -0.433. The monoisotopic (exact) mass is 392 g/mol. The predicted octanol–water partition coefficient (Wildman–Crippen LogP) is 4.57. The SMILES string of the molecule is O=C1NC(=O)/C(=C/c2cccc(NC(=O)c3ccc(Cl)cc3Cl)c2)S1. The fraction of sp³-hybridized carbons (Fsp3) is 0. The zero-order chi connectivity index (χ0) is 18.0. The average Bonchev–Trinajstić information content (AvgIpc) is 2.85. The van der Waals surface area contributed by atoms with E-state index in [1.54, 1.807) is 36.4 Å². The van der Waals surface area contributed by atoms with Crippen molar-refractivity contribution in [3.05, 3.63) is 68.5 Å². The first kappa shape index (κ1) is 17.5. The molecule has 2 aromatic rings. The third kappa shape index (κ3) is 4.22. The van der Waals surface area contributed by atoms with Crippen LogP contribution in [0.5, 0.6) is 0 Å². The molecule has 1 aliphatic rings. The molecule has 0 radical (unpaired) electrons. The Bertz CT molecular complexity index is 928. The highest BCUT2D eigenvalue weighted by molar-refractivity contribution is 8.18. The van der Waals surface area contributed by atoms with Crippen LogP contribution >= 0.6 is 35.0 Å². The van der Waals surface area contributed by atoms with Crippen LogP contribution in [-0.4, -0.2) is 17.1 Å². The lowest BCUT2D eigenvalue weighted by atomic mass is 10.1. The van der Waals surface area contributed by atoms with Crippen molar-refractivity contribution in [2.75, 3.05) is 5.32 Å². The first-order valence-electron chi connectivity index (χ1n) is 7.04. The number of rotatable bonds is 3. The zero-order valence-electron chi connectivity index (χ0n) is 12.5. The number of hydrogen-bond acceptors (Lipinski definition) is 4. The van der Waals surface area contributed by atoms with Gasteiger partial charge in [-0.2, -0.15) is 0 Å². The Morgan fingerprint density at radius 3 is 2.60 bits per heavy atom. The molecule has 126 valence electrons. The predicted molar refractivity (Wildman–Crippen MR) is 100.0 cm³/mol. The van der Waals surface area contributed by atoms with Gasteiger partial charge in [-0.1, -0.05) is 35.3 Å². The summed E-state index contributed by atoms with van der Waals surface area (Å²) in [4.78, 5) is 35.4. The Morgan fingerprint density at radius 1 is 1.12 bits per heavy atom. The fourth-order valence-electron chi connectivity index (χ4n) is 2.15. The van der Waals surface area contributed by atoms with E-state index in [0.717, 1.165) is 11.8 Å². The van der Waals surface area contributed by atoms with E-state index in [1.165, 1.54) is 12.1 Å². The Morgan fingerprint density at radius 2 is 1.92 bits per heavy atom. The number of thioether (sulfide) groups is 1. The van der Waals surface area contributed by atoms with Gasteiger partial charge in [0.1, 0.15) is 0 Å². The summed E-state index contributed by atoms with van der Waals surface area (Å²) in [5.74, 6) is -0.813. The number of nitrogens with one attached hydrogen (secondary N) is 2. The molecular weight excluding hydrogens is 383 g/mol. The summed E-state index contributed by atoms with van der Waals surface area (Å²) in [6.45, 7) is 0. The van der Waals surface area contributed by atoms with Crippen molar-refractivity contribution in [2.45, 2.75) is 0 Å². The normalized spacial score (nSPS) is 15.4. The first-order valence-corrected chi connectivity index (χ1v) is 8.61. The summed E-state index contributed by atoms with van der Waals surface area (Å²) < 4.78 is 0. The highest BCUT2D eigenvalue weighted by atomic mass is 35.5. The molecule has 0 aliphatic carbocycles. The van der Waals surface area contributed by atoms with Crippen molar-refractivity contribution >= 4 is 63.8 Å². The highest BCUT2D eigenvalue weighted by Gasteiger charge is 2.24. The smallest absolute Gasteiger partial charge is 0.290 e. The van der Waals surface area contributed by atoms with Crippen molar-refractivity contribution < 1.29 is 14.4 Å². The third-order valence-corrected chi connectivity index (χ3v) is 4.62. The molecule has 5 nitrogen and oxygen atoms in total. The van der Waals surface area contributed by atoms with E-state index in [0.29, 0.717) is 26.7 Å². The molecule has 3 rings (SSSR count). The third-order valence-electron chi connectivity index (χ3n) is 3.26. The van der Waals surface area contributed by atoms with Gasteiger partial charge in [0.05, 0.1) is 15.5 Å². The molecule has 2 N–H and O–H groups in total. The fourth-order valence-corrected chi connectivity index (χ4v) is 3.33. The van der Waals surface area contributed by atoms with E-state index in [-0.39, 0.29) is 10.9 Å². The zero-order valence-corrected chi connectivity index (χ0v) is 14.8. The molecule has 3 amide bonds. The molecule has 1 fully saturated rings. The van der Waals surface area contributed by atoms with Crippen LogP contribution in [0, 0.1) is 0 Å². The van der Waals surface area contributed by atoms with Gasteiger partial charge >= 0.3 is 0 Å². The molecule has 0 atom stereocenters. The van der Waals surface area contributed by atoms with E-state index in [9.17, 15) is 14.4 Å². The van der Waals surface area contributed by atoms with Crippen LogP contribution in [0.3, 0.4) is 0 Å². The molecule has 0 saturated carbocycles. The van der Waals surface area contributed by atoms with Crippen molar-refractivity contribution in [1.82, 2.24) is 5.32 Å². The lowest BCUT2D eigenvalue weighted by molar-refractivity contribution is -0.115. The number of carbonyl (C=O) groups is 3. The molecule has 0 bridgehead atoms. The Balaban J connectivity index is 1.80. The van der Waals surface area contributed by atoms with E-state index in [2.05, 4.69) is 10.6 Å². The topological polar surface area (TPSA) is 75.3 Å². The molecule has 0 spiro atoms. The number of benzene rings is 2. The van der Waals surface area contributed by atoms with E-state index in [4.69, 9.17) is 23.2 Å². The van der Waals surface area contributed by atoms with Crippen LogP contribution in [0.2, 0.25) is 10.0 Å². The Kier molecular flexibility index (Phi) is 5.13. The van der Waals surface area contributed by atoms with Crippen molar-refractivity contribution in [2.24, 2.45) is 0 Å². The summed E-state index contributed by atoms with van der Waals surface area (Å²) >= 11 is 12.7. The lowest BCUT2D eigenvalue weighted by Crippen LogP contribution is -2.17. The lowest BCUT2D eigenvalue weighted by Gasteiger charge is -2.08. The molecular formula is C17H10Cl2N2O3S. The van der Waals surface area contributed by atoms with Gasteiger partial charge in [-0.05, 0) is 53.7 Å². The largest absolute Gasteiger partial charge is 0.322 e. The van der Waals surface area contributed by atoms with E-state index in [1.807, 2.05) is 0 Å². The second-order valence-corrected chi connectivity index (χ2v) is 6.91. The Hall–Kier alpha value is -2.28. The van der Waals surface area contributed by atoms with Gasteiger partial charge < -0.3 is 5.32 Å². The molecule has 0 unspecified atom stereocenters. The van der Waals surface area contributed by atoms with E-state index >= 15 is 0 Å². The summed E-state index contributed by atoms with van der Waals surface area (Å²) in [5, 5.41) is 5.21. The first-order chi connectivity index (χ1) is 11.9. The molecule has 1 saturated heterocycles. The number of carbonyl (C=O) groups excluding carboxylic acids is 3. The molecule has 0 aromatic heterocycles. The van der Waals surface area contributed by atoms with Gasteiger partial charge in [0.2, 0.25) is 0 Å². The van der Waals surface area contributed by atoms with Crippen LogP contribution in [0.4, 0.5) is 10.5 Å². The molecule has 1 heterocycles. The molecule has 1 aliphatic heterocycles.